The number of benzene rings is 2. The molecule has 18 heavy (non-hydrogen) atoms. The zero-order valence-electron chi connectivity index (χ0n) is 10.2. The highest BCUT2D eigenvalue weighted by atomic mass is 16.5. The fourth-order valence-corrected chi connectivity index (χ4v) is 1.85. The number of oxime groups is 1. The number of nitrogens with two attached hydrogens (primary N) is 1. The Kier molecular flexibility index (Phi) is 3.67. The molecule has 0 amide bonds. The van der Waals surface area contributed by atoms with Crippen molar-refractivity contribution in [3.05, 3.63) is 42.5 Å². The first-order valence-electron chi connectivity index (χ1n) is 5.81. The molecule has 2 aromatic rings. The smallest absolute Gasteiger partial charge is 0.142 e. The number of fused-ring (bicyclic) bond motifs is 1. The van der Waals surface area contributed by atoms with Crippen LogP contribution in [0.1, 0.15) is 13.3 Å². The molecule has 0 radical (unpaired) electrons. The molecule has 0 saturated carbocycles. The van der Waals surface area contributed by atoms with Crippen molar-refractivity contribution in [3.63, 3.8) is 0 Å². The van der Waals surface area contributed by atoms with E-state index in [1.165, 1.54) is 5.39 Å². The molecule has 94 valence electrons. The van der Waals surface area contributed by atoms with Crippen molar-refractivity contribution in [1.82, 2.24) is 0 Å². The first-order valence-corrected chi connectivity index (χ1v) is 5.81. The number of amidine groups is 1. The minimum absolute atomic E-state index is 0.137. The number of ether oxygens (including phenoxy) is 1. The molecule has 0 aliphatic rings. The van der Waals surface area contributed by atoms with E-state index in [1.54, 1.807) is 0 Å². The molecular weight excluding hydrogens is 228 g/mol. The number of hydrogen-bond donors (Lipinski definition) is 2. The first-order chi connectivity index (χ1) is 8.69. The molecule has 0 bridgehead atoms. The molecule has 2 aromatic carbocycles. The van der Waals surface area contributed by atoms with Crippen molar-refractivity contribution in [3.8, 4) is 5.75 Å². The monoisotopic (exact) mass is 244 g/mol. The van der Waals surface area contributed by atoms with Gasteiger partial charge in [0.2, 0.25) is 0 Å². The second kappa shape index (κ2) is 5.40. The van der Waals surface area contributed by atoms with Crippen molar-refractivity contribution in [2.75, 3.05) is 0 Å². The lowest BCUT2D eigenvalue weighted by molar-refractivity contribution is 0.227. The van der Waals surface area contributed by atoms with E-state index in [0.717, 1.165) is 11.1 Å². The highest BCUT2D eigenvalue weighted by Crippen LogP contribution is 2.21. The summed E-state index contributed by atoms with van der Waals surface area (Å²) in [6.45, 7) is 1.88. The Morgan fingerprint density at radius 1 is 1.28 bits per heavy atom. The molecule has 2 rings (SSSR count). The van der Waals surface area contributed by atoms with E-state index in [1.807, 2.05) is 43.3 Å². The maximum Gasteiger partial charge on any atom is 0.142 e. The van der Waals surface area contributed by atoms with Gasteiger partial charge >= 0.3 is 0 Å². The van der Waals surface area contributed by atoms with Crippen LogP contribution < -0.4 is 10.5 Å². The van der Waals surface area contributed by atoms with Gasteiger partial charge in [-0.2, -0.15) is 0 Å². The van der Waals surface area contributed by atoms with Crippen LogP contribution in [0.4, 0.5) is 0 Å². The van der Waals surface area contributed by atoms with Crippen LogP contribution in [0.5, 0.6) is 5.75 Å². The summed E-state index contributed by atoms with van der Waals surface area (Å²) in [5.74, 6) is 0.954. The van der Waals surface area contributed by atoms with Gasteiger partial charge < -0.3 is 15.7 Å². The van der Waals surface area contributed by atoms with Gasteiger partial charge in [-0.3, -0.25) is 0 Å². The highest BCUT2D eigenvalue weighted by molar-refractivity contribution is 5.83. The minimum atomic E-state index is -0.137. The highest BCUT2D eigenvalue weighted by Gasteiger charge is 2.07. The van der Waals surface area contributed by atoms with Crippen molar-refractivity contribution in [1.29, 1.82) is 0 Å². The van der Waals surface area contributed by atoms with Gasteiger partial charge in [0, 0.05) is 6.42 Å². The van der Waals surface area contributed by atoms with Gasteiger partial charge in [-0.15, -0.1) is 0 Å². The molecule has 1 unspecified atom stereocenters. The molecule has 0 aliphatic carbocycles. The Hall–Kier alpha value is -2.23. The lowest BCUT2D eigenvalue weighted by Gasteiger charge is -2.14. The number of rotatable bonds is 4. The maximum atomic E-state index is 8.50. The van der Waals surface area contributed by atoms with Gasteiger partial charge in [-0.1, -0.05) is 35.5 Å². The van der Waals surface area contributed by atoms with Crippen molar-refractivity contribution in [2.24, 2.45) is 10.9 Å². The molecule has 0 heterocycles. The van der Waals surface area contributed by atoms with Crippen LogP contribution in [-0.2, 0) is 0 Å². The molecular formula is C14H16N2O2. The van der Waals surface area contributed by atoms with Gasteiger partial charge in [-0.25, -0.2) is 0 Å². The Morgan fingerprint density at radius 3 is 2.72 bits per heavy atom. The molecule has 0 spiro atoms. The van der Waals surface area contributed by atoms with Gasteiger partial charge in [-0.05, 0) is 29.8 Å². The standard InChI is InChI=1S/C14H16N2O2/c1-10(8-14(15)16-17)18-13-7-6-11-4-2-3-5-12(11)9-13/h2-7,9-10,17H,8H2,1H3,(H2,15,16). The predicted molar refractivity (Wildman–Crippen MR) is 72.1 cm³/mol. The van der Waals surface area contributed by atoms with Crippen LogP contribution in [0.3, 0.4) is 0 Å². The Morgan fingerprint density at radius 2 is 2.00 bits per heavy atom. The second-order valence-electron chi connectivity index (χ2n) is 4.23. The fourth-order valence-electron chi connectivity index (χ4n) is 1.85. The summed E-state index contributed by atoms with van der Waals surface area (Å²) in [6.07, 6.45) is 0.255. The molecule has 1 atom stereocenters. The van der Waals surface area contributed by atoms with Gasteiger partial charge in [0.25, 0.3) is 0 Å². The summed E-state index contributed by atoms with van der Waals surface area (Å²) >= 11 is 0. The van der Waals surface area contributed by atoms with Crippen LogP contribution in [0, 0.1) is 0 Å². The van der Waals surface area contributed by atoms with Crippen LogP contribution in [0.2, 0.25) is 0 Å². The third-order valence-corrected chi connectivity index (χ3v) is 2.68. The van der Waals surface area contributed by atoms with Gasteiger partial charge in [0.15, 0.2) is 0 Å². The summed E-state index contributed by atoms with van der Waals surface area (Å²) in [4.78, 5) is 0. The lowest BCUT2D eigenvalue weighted by Crippen LogP contribution is -2.22. The van der Waals surface area contributed by atoms with Gasteiger partial charge in [0.1, 0.15) is 17.7 Å². The molecule has 0 fully saturated rings. The summed E-state index contributed by atoms with van der Waals surface area (Å²) in [6, 6.07) is 14.0. The largest absolute Gasteiger partial charge is 0.490 e. The molecule has 0 aliphatic heterocycles. The third kappa shape index (κ3) is 2.91. The van der Waals surface area contributed by atoms with E-state index in [0.29, 0.717) is 6.42 Å². The predicted octanol–water partition coefficient (Wildman–Crippen LogP) is 2.74. The second-order valence-corrected chi connectivity index (χ2v) is 4.23. The topological polar surface area (TPSA) is 67.8 Å². The number of nitrogens with zero attached hydrogens (tertiary/aromatic N) is 1. The Bertz CT molecular complexity index is 566. The van der Waals surface area contributed by atoms with Crippen molar-refractivity contribution < 1.29 is 9.94 Å². The zero-order chi connectivity index (χ0) is 13.0. The Labute approximate surface area is 106 Å². The molecule has 4 nitrogen and oxygen atoms in total. The molecule has 0 saturated heterocycles. The fraction of sp³-hybridized carbons (Fsp3) is 0.214. The van der Waals surface area contributed by atoms with Crippen molar-refractivity contribution in [2.45, 2.75) is 19.4 Å². The maximum absolute atomic E-state index is 8.50. The normalized spacial score (nSPS) is 13.5. The summed E-state index contributed by atoms with van der Waals surface area (Å²) in [7, 11) is 0. The SMILES string of the molecule is CC(CC(N)=NO)Oc1ccc2ccccc2c1. The summed E-state index contributed by atoms with van der Waals surface area (Å²) in [5, 5.41) is 13.7. The van der Waals surface area contributed by atoms with Crippen LogP contribution in [-0.4, -0.2) is 17.1 Å². The van der Waals surface area contributed by atoms with E-state index in [4.69, 9.17) is 15.7 Å². The molecule has 0 aromatic heterocycles. The van der Waals surface area contributed by atoms with E-state index >= 15 is 0 Å². The van der Waals surface area contributed by atoms with Gasteiger partial charge in [0.05, 0.1) is 0 Å². The van der Waals surface area contributed by atoms with Crippen LogP contribution in [0.25, 0.3) is 10.8 Å². The van der Waals surface area contributed by atoms with Crippen molar-refractivity contribution >= 4 is 16.6 Å². The zero-order valence-corrected chi connectivity index (χ0v) is 10.2. The van der Waals surface area contributed by atoms with E-state index in [9.17, 15) is 0 Å². The average Bonchev–Trinajstić information content (AvgIpc) is 2.38. The molecule has 4 heteroatoms. The summed E-state index contributed by atoms with van der Waals surface area (Å²) in [5.41, 5.74) is 5.44. The van der Waals surface area contributed by atoms with Crippen LogP contribution in [0.15, 0.2) is 47.6 Å². The van der Waals surface area contributed by atoms with E-state index in [-0.39, 0.29) is 11.9 Å². The summed E-state index contributed by atoms with van der Waals surface area (Å²) < 4.78 is 5.72. The number of hydrogen-bond acceptors (Lipinski definition) is 3. The van der Waals surface area contributed by atoms with E-state index in [2.05, 4.69) is 11.2 Å². The van der Waals surface area contributed by atoms with Crippen LogP contribution >= 0.6 is 0 Å². The molecule has 3 N–H and O–H groups in total. The lowest BCUT2D eigenvalue weighted by atomic mass is 10.1. The first kappa shape index (κ1) is 12.2. The third-order valence-electron chi connectivity index (χ3n) is 2.68. The Balaban J connectivity index is 2.12. The van der Waals surface area contributed by atoms with E-state index < -0.39 is 0 Å². The quantitative estimate of drug-likeness (QED) is 0.376. The average molecular weight is 244 g/mol. The minimum Gasteiger partial charge on any atom is -0.490 e.